The van der Waals surface area contributed by atoms with Crippen LogP contribution in [0, 0.1) is 11.8 Å². The summed E-state index contributed by atoms with van der Waals surface area (Å²) in [6, 6.07) is 5.09. The van der Waals surface area contributed by atoms with Gasteiger partial charge in [0.2, 0.25) is 0 Å². The van der Waals surface area contributed by atoms with E-state index in [4.69, 9.17) is 0 Å². The van der Waals surface area contributed by atoms with Gasteiger partial charge in [0.25, 0.3) is 0 Å². The van der Waals surface area contributed by atoms with Gasteiger partial charge in [0.05, 0.1) is 7.11 Å². The van der Waals surface area contributed by atoms with Crippen LogP contribution in [0.2, 0.25) is 0 Å². The lowest BCUT2D eigenvalue weighted by atomic mass is 10.1. The summed E-state index contributed by atoms with van der Waals surface area (Å²) in [6.07, 6.45) is 0. The largest absolute Gasteiger partial charge is 0.468 e. The van der Waals surface area contributed by atoms with E-state index in [0.717, 1.165) is 5.56 Å². The first-order valence-corrected chi connectivity index (χ1v) is 4.42. The number of nitrogens with zero attached hydrogens (tertiary/aromatic N) is 1. The van der Waals surface area contributed by atoms with Crippen LogP contribution in [-0.2, 0) is 9.53 Å². The van der Waals surface area contributed by atoms with Crippen LogP contribution in [0.5, 0.6) is 0 Å². The maximum atomic E-state index is 10.9. The Morgan fingerprint density at radius 3 is 2.87 bits per heavy atom. The Morgan fingerprint density at radius 1 is 1.53 bits per heavy atom. The number of methoxy groups -OCH3 is 1. The van der Waals surface area contributed by atoms with Crippen molar-refractivity contribution in [3.8, 4) is 0 Å². The number of esters is 1. The molecule has 1 aromatic carbocycles. The highest BCUT2D eigenvalue weighted by molar-refractivity contribution is 5.76. The standard InChI is InChI=1S/C10H12N2O3/c1-7-8(11-6-10(13)15-2)4-3-5-9(7)12-14/h3-5,11H,6H2,1-2H3. The fourth-order valence-corrected chi connectivity index (χ4v) is 1.15. The third kappa shape index (κ3) is 2.77. The van der Waals surface area contributed by atoms with Gasteiger partial charge in [-0.25, -0.2) is 0 Å². The van der Waals surface area contributed by atoms with Gasteiger partial charge < -0.3 is 10.1 Å². The molecule has 1 rings (SSSR count). The minimum Gasteiger partial charge on any atom is -0.468 e. The van der Waals surface area contributed by atoms with Gasteiger partial charge in [0.15, 0.2) is 0 Å². The summed E-state index contributed by atoms with van der Waals surface area (Å²) in [6.45, 7) is 1.83. The van der Waals surface area contributed by atoms with Crippen LogP contribution in [0.4, 0.5) is 11.4 Å². The zero-order valence-corrected chi connectivity index (χ0v) is 8.61. The van der Waals surface area contributed by atoms with Crippen molar-refractivity contribution in [2.75, 3.05) is 19.0 Å². The normalized spacial score (nSPS) is 9.47. The molecule has 0 radical (unpaired) electrons. The van der Waals surface area contributed by atoms with E-state index >= 15 is 0 Å². The van der Waals surface area contributed by atoms with E-state index in [0.29, 0.717) is 11.4 Å². The Kier molecular flexibility index (Phi) is 3.79. The average molecular weight is 208 g/mol. The minimum atomic E-state index is -0.362. The number of nitrogens with one attached hydrogen (secondary N) is 1. The Balaban J connectivity index is 2.77. The quantitative estimate of drug-likeness (QED) is 0.606. The van der Waals surface area contributed by atoms with E-state index in [1.54, 1.807) is 25.1 Å². The highest BCUT2D eigenvalue weighted by Gasteiger charge is 2.05. The molecule has 0 atom stereocenters. The van der Waals surface area contributed by atoms with Gasteiger partial charge in [0.1, 0.15) is 12.2 Å². The van der Waals surface area contributed by atoms with Crippen molar-refractivity contribution in [1.29, 1.82) is 0 Å². The highest BCUT2D eigenvalue weighted by Crippen LogP contribution is 2.25. The molecule has 0 saturated carbocycles. The number of hydrogen-bond donors (Lipinski definition) is 1. The van der Waals surface area contributed by atoms with Crippen molar-refractivity contribution < 1.29 is 9.53 Å². The molecule has 0 amide bonds. The van der Waals surface area contributed by atoms with Crippen LogP contribution in [0.3, 0.4) is 0 Å². The number of carbonyl (C=O) groups is 1. The molecule has 0 bridgehead atoms. The van der Waals surface area contributed by atoms with Crippen LogP contribution in [0.25, 0.3) is 0 Å². The van der Waals surface area contributed by atoms with E-state index in [1.807, 2.05) is 0 Å². The fraction of sp³-hybridized carbons (Fsp3) is 0.300. The predicted octanol–water partition coefficient (Wildman–Crippen LogP) is 1.98. The Labute approximate surface area is 87.4 Å². The third-order valence-corrected chi connectivity index (χ3v) is 2.05. The smallest absolute Gasteiger partial charge is 0.325 e. The molecule has 0 aliphatic carbocycles. The molecule has 0 aliphatic rings. The molecule has 0 fully saturated rings. The van der Waals surface area contributed by atoms with Crippen LogP contribution < -0.4 is 5.32 Å². The molecule has 1 aromatic rings. The molecule has 5 nitrogen and oxygen atoms in total. The number of ether oxygens (including phenoxy) is 1. The molecule has 0 unspecified atom stereocenters. The number of hydrogen-bond acceptors (Lipinski definition) is 5. The van der Waals surface area contributed by atoms with Gasteiger partial charge in [-0.05, 0) is 24.2 Å². The molecule has 80 valence electrons. The van der Waals surface area contributed by atoms with Gasteiger partial charge in [-0.3, -0.25) is 4.79 Å². The minimum absolute atomic E-state index is 0.0691. The molecule has 0 spiro atoms. The van der Waals surface area contributed by atoms with Crippen LogP contribution in [-0.4, -0.2) is 19.6 Å². The lowest BCUT2D eigenvalue weighted by Gasteiger charge is -2.08. The zero-order chi connectivity index (χ0) is 11.3. The number of rotatable bonds is 4. The highest BCUT2D eigenvalue weighted by atomic mass is 16.5. The second-order valence-electron chi connectivity index (χ2n) is 2.97. The summed E-state index contributed by atoms with van der Waals surface area (Å²) in [5, 5.41) is 5.74. The lowest BCUT2D eigenvalue weighted by molar-refractivity contribution is -0.138. The number of carbonyl (C=O) groups excluding carboxylic acids is 1. The second-order valence-corrected chi connectivity index (χ2v) is 2.97. The van der Waals surface area contributed by atoms with E-state index in [1.165, 1.54) is 7.11 Å². The summed E-state index contributed by atoms with van der Waals surface area (Å²) >= 11 is 0. The van der Waals surface area contributed by atoms with Gasteiger partial charge >= 0.3 is 5.97 Å². The lowest BCUT2D eigenvalue weighted by Crippen LogP contribution is -2.15. The summed E-state index contributed by atoms with van der Waals surface area (Å²) in [5.41, 5.74) is 1.79. The maximum Gasteiger partial charge on any atom is 0.325 e. The Hall–Kier alpha value is -1.91. The number of nitroso groups, excluding NO2 is 1. The van der Waals surface area contributed by atoms with Crippen molar-refractivity contribution in [2.24, 2.45) is 5.18 Å². The van der Waals surface area contributed by atoms with Crippen molar-refractivity contribution in [3.63, 3.8) is 0 Å². The first-order valence-electron chi connectivity index (χ1n) is 4.42. The van der Waals surface area contributed by atoms with Crippen LogP contribution >= 0.6 is 0 Å². The predicted molar refractivity (Wildman–Crippen MR) is 57.1 cm³/mol. The zero-order valence-electron chi connectivity index (χ0n) is 8.61. The summed E-state index contributed by atoms with van der Waals surface area (Å²) < 4.78 is 4.48. The van der Waals surface area contributed by atoms with Gasteiger partial charge in [-0.15, -0.1) is 4.91 Å². The Morgan fingerprint density at radius 2 is 2.27 bits per heavy atom. The summed E-state index contributed by atoms with van der Waals surface area (Å²) in [5.74, 6) is -0.362. The first-order chi connectivity index (χ1) is 7.19. The number of benzene rings is 1. The molecule has 5 heteroatoms. The van der Waals surface area contributed by atoms with Gasteiger partial charge in [-0.1, -0.05) is 6.07 Å². The summed E-state index contributed by atoms with van der Waals surface area (Å²) in [4.78, 5) is 21.3. The molecule has 0 saturated heterocycles. The van der Waals surface area contributed by atoms with Gasteiger partial charge in [-0.2, -0.15) is 0 Å². The first kappa shape index (κ1) is 11.2. The van der Waals surface area contributed by atoms with Crippen molar-refractivity contribution in [3.05, 3.63) is 28.7 Å². The van der Waals surface area contributed by atoms with Crippen molar-refractivity contribution in [1.82, 2.24) is 0 Å². The van der Waals surface area contributed by atoms with Crippen LogP contribution in [0.1, 0.15) is 5.56 Å². The fourth-order valence-electron chi connectivity index (χ4n) is 1.15. The molecule has 15 heavy (non-hydrogen) atoms. The van der Waals surface area contributed by atoms with E-state index in [2.05, 4.69) is 15.2 Å². The molecular formula is C10H12N2O3. The number of anilines is 1. The SMILES string of the molecule is COC(=O)CNc1cccc(N=O)c1C. The molecule has 0 aromatic heterocycles. The second kappa shape index (κ2) is 5.09. The topological polar surface area (TPSA) is 67.8 Å². The molecule has 0 aliphatic heterocycles. The molecular weight excluding hydrogens is 196 g/mol. The van der Waals surface area contributed by atoms with Crippen LogP contribution in [0.15, 0.2) is 23.4 Å². The van der Waals surface area contributed by atoms with Crippen molar-refractivity contribution >= 4 is 17.3 Å². The third-order valence-electron chi connectivity index (χ3n) is 2.05. The molecule has 0 heterocycles. The van der Waals surface area contributed by atoms with E-state index in [-0.39, 0.29) is 12.5 Å². The summed E-state index contributed by atoms with van der Waals surface area (Å²) in [7, 11) is 1.32. The van der Waals surface area contributed by atoms with Crippen molar-refractivity contribution in [2.45, 2.75) is 6.92 Å². The monoisotopic (exact) mass is 208 g/mol. The van der Waals surface area contributed by atoms with E-state index in [9.17, 15) is 9.70 Å². The van der Waals surface area contributed by atoms with E-state index < -0.39 is 0 Å². The van der Waals surface area contributed by atoms with Gasteiger partial charge in [0, 0.05) is 11.3 Å². The Bertz CT molecular complexity index is 377. The average Bonchev–Trinajstić information content (AvgIpc) is 2.27. The maximum absolute atomic E-state index is 10.9. The molecule has 1 N–H and O–H groups in total.